The summed E-state index contributed by atoms with van der Waals surface area (Å²) in [4.78, 5) is 2.42. The molecule has 3 heteroatoms. The van der Waals surface area contributed by atoms with Gasteiger partial charge in [0.15, 0.2) is 0 Å². The molecule has 18 heavy (non-hydrogen) atoms. The van der Waals surface area contributed by atoms with Gasteiger partial charge in [-0.2, -0.15) is 0 Å². The fraction of sp³-hybridized carbons (Fsp3) is 1.00. The molecule has 1 heterocycles. The minimum absolute atomic E-state index is 0.231. The van der Waals surface area contributed by atoms with E-state index in [0.717, 1.165) is 32.0 Å². The summed E-state index contributed by atoms with van der Waals surface area (Å²) in [5.41, 5.74) is 6.94. The van der Waals surface area contributed by atoms with Crippen LogP contribution in [0.5, 0.6) is 0 Å². The van der Waals surface area contributed by atoms with Gasteiger partial charge in [0, 0.05) is 24.8 Å². The summed E-state index contributed by atoms with van der Waals surface area (Å²) in [6.45, 7) is 4.18. The highest BCUT2D eigenvalue weighted by atomic mass is 16.5. The highest BCUT2D eigenvalue weighted by Crippen LogP contribution is 2.40. The van der Waals surface area contributed by atoms with Gasteiger partial charge in [-0.1, -0.05) is 6.92 Å². The second-order valence-electron chi connectivity index (χ2n) is 6.66. The van der Waals surface area contributed by atoms with Crippen LogP contribution in [0.1, 0.15) is 45.4 Å². The van der Waals surface area contributed by atoms with Crippen molar-refractivity contribution in [2.45, 2.75) is 57.0 Å². The number of hydrogen-bond acceptors (Lipinski definition) is 3. The normalized spacial score (nSPS) is 36.8. The Morgan fingerprint density at radius 3 is 2.17 bits per heavy atom. The molecule has 0 amide bonds. The van der Waals surface area contributed by atoms with Crippen LogP contribution in [0.4, 0.5) is 0 Å². The van der Waals surface area contributed by atoms with Gasteiger partial charge >= 0.3 is 0 Å². The molecular formula is C15H30N2O. The Hall–Kier alpha value is -0.120. The molecular weight excluding hydrogens is 224 g/mol. The van der Waals surface area contributed by atoms with E-state index in [0.29, 0.717) is 12.0 Å². The van der Waals surface area contributed by atoms with E-state index in [4.69, 9.17) is 10.5 Å². The number of nitrogens with zero attached hydrogens (tertiary/aromatic N) is 1. The first-order valence-corrected chi connectivity index (χ1v) is 7.57. The molecule has 0 radical (unpaired) electrons. The molecule has 1 saturated heterocycles. The van der Waals surface area contributed by atoms with Crippen LogP contribution in [-0.2, 0) is 4.74 Å². The van der Waals surface area contributed by atoms with Crippen molar-refractivity contribution in [3.05, 3.63) is 0 Å². The highest BCUT2D eigenvalue weighted by Gasteiger charge is 2.44. The van der Waals surface area contributed by atoms with Gasteiger partial charge < -0.3 is 15.4 Å². The van der Waals surface area contributed by atoms with Gasteiger partial charge in [-0.3, -0.25) is 0 Å². The van der Waals surface area contributed by atoms with Crippen LogP contribution in [0.15, 0.2) is 0 Å². The van der Waals surface area contributed by atoms with Crippen LogP contribution in [-0.4, -0.2) is 43.8 Å². The summed E-state index contributed by atoms with van der Waals surface area (Å²) in [5, 5.41) is 0. The Bertz CT molecular complexity index is 253. The molecule has 1 aliphatic carbocycles. The van der Waals surface area contributed by atoms with Gasteiger partial charge in [0.25, 0.3) is 0 Å². The SMILES string of the molecule is CC1CCC(C(N)C2CCOCC2)(N(C)C)CC1. The Labute approximate surface area is 112 Å². The van der Waals surface area contributed by atoms with Crippen molar-refractivity contribution in [1.82, 2.24) is 4.90 Å². The molecule has 0 aromatic rings. The molecule has 0 spiro atoms. The van der Waals surface area contributed by atoms with Crippen molar-refractivity contribution < 1.29 is 4.74 Å². The summed E-state index contributed by atoms with van der Waals surface area (Å²) in [5.74, 6) is 1.52. The zero-order valence-corrected chi connectivity index (χ0v) is 12.3. The molecule has 2 N–H and O–H groups in total. The van der Waals surface area contributed by atoms with E-state index in [9.17, 15) is 0 Å². The number of rotatable bonds is 3. The third kappa shape index (κ3) is 2.73. The van der Waals surface area contributed by atoms with Crippen molar-refractivity contribution in [3.63, 3.8) is 0 Å². The molecule has 1 atom stereocenters. The minimum Gasteiger partial charge on any atom is -0.381 e. The molecule has 2 fully saturated rings. The van der Waals surface area contributed by atoms with Crippen LogP contribution >= 0.6 is 0 Å². The first kappa shape index (κ1) is 14.3. The Kier molecular flexibility index (Phi) is 4.68. The fourth-order valence-electron chi connectivity index (χ4n) is 3.85. The molecule has 1 aliphatic heterocycles. The number of hydrogen-bond donors (Lipinski definition) is 1. The zero-order valence-electron chi connectivity index (χ0n) is 12.3. The lowest BCUT2D eigenvalue weighted by Gasteiger charge is -2.51. The van der Waals surface area contributed by atoms with Crippen LogP contribution < -0.4 is 5.73 Å². The van der Waals surface area contributed by atoms with Gasteiger partial charge in [0.2, 0.25) is 0 Å². The van der Waals surface area contributed by atoms with Gasteiger partial charge in [-0.15, -0.1) is 0 Å². The lowest BCUT2D eigenvalue weighted by atomic mass is 9.68. The van der Waals surface area contributed by atoms with Crippen LogP contribution in [0.3, 0.4) is 0 Å². The largest absolute Gasteiger partial charge is 0.381 e. The third-order valence-corrected chi connectivity index (χ3v) is 5.43. The topological polar surface area (TPSA) is 38.5 Å². The van der Waals surface area contributed by atoms with E-state index in [1.54, 1.807) is 0 Å². The summed E-state index contributed by atoms with van der Waals surface area (Å²) < 4.78 is 5.48. The average molecular weight is 254 g/mol. The Morgan fingerprint density at radius 1 is 1.11 bits per heavy atom. The monoisotopic (exact) mass is 254 g/mol. The van der Waals surface area contributed by atoms with Crippen molar-refractivity contribution in [3.8, 4) is 0 Å². The van der Waals surface area contributed by atoms with Gasteiger partial charge in [-0.05, 0) is 64.5 Å². The lowest BCUT2D eigenvalue weighted by Crippen LogP contribution is -2.62. The van der Waals surface area contributed by atoms with E-state index in [2.05, 4.69) is 25.9 Å². The van der Waals surface area contributed by atoms with Crippen molar-refractivity contribution in [2.75, 3.05) is 27.3 Å². The molecule has 0 aromatic heterocycles. The van der Waals surface area contributed by atoms with Gasteiger partial charge in [0.1, 0.15) is 0 Å². The number of likely N-dealkylation sites (N-methyl/N-ethyl adjacent to an activating group) is 1. The van der Waals surface area contributed by atoms with Gasteiger partial charge in [-0.25, -0.2) is 0 Å². The minimum atomic E-state index is 0.231. The fourth-order valence-corrected chi connectivity index (χ4v) is 3.85. The van der Waals surface area contributed by atoms with Crippen LogP contribution in [0.2, 0.25) is 0 Å². The van der Waals surface area contributed by atoms with E-state index in [-0.39, 0.29) is 5.54 Å². The van der Waals surface area contributed by atoms with Crippen LogP contribution in [0.25, 0.3) is 0 Å². The molecule has 1 saturated carbocycles. The zero-order chi connectivity index (χ0) is 13.2. The predicted molar refractivity (Wildman–Crippen MR) is 75.6 cm³/mol. The summed E-state index contributed by atoms with van der Waals surface area (Å²) in [7, 11) is 4.43. The lowest BCUT2D eigenvalue weighted by molar-refractivity contribution is -0.00215. The van der Waals surface area contributed by atoms with Gasteiger partial charge in [0.05, 0.1) is 0 Å². The maximum Gasteiger partial charge on any atom is 0.0469 e. The van der Waals surface area contributed by atoms with Crippen molar-refractivity contribution >= 4 is 0 Å². The Balaban J connectivity index is 2.08. The maximum absolute atomic E-state index is 6.71. The maximum atomic E-state index is 6.71. The summed E-state index contributed by atoms with van der Waals surface area (Å²) >= 11 is 0. The van der Waals surface area contributed by atoms with Crippen LogP contribution in [0, 0.1) is 11.8 Å². The summed E-state index contributed by atoms with van der Waals surface area (Å²) in [6, 6.07) is 0.309. The predicted octanol–water partition coefficient (Wildman–Crippen LogP) is 2.25. The second kappa shape index (κ2) is 5.89. The van der Waals surface area contributed by atoms with E-state index in [1.165, 1.54) is 25.7 Å². The standard InChI is InChI=1S/C15H30N2O/c1-12-4-8-15(9-5-12,17(2)3)14(16)13-6-10-18-11-7-13/h12-14H,4-11,16H2,1-3H3. The average Bonchev–Trinajstić information content (AvgIpc) is 2.40. The molecule has 3 nitrogen and oxygen atoms in total. The first-order valence-electron chi connectivity index (χ1n) is 7.57. The molecule has 2 rings (SSSR count). The third-order valence-electron chi connectivity index (χ3n) is 5.43. The highest BCUT2D eigenvalue weighted by molar-refractivity contribution is 5.02. The first-order chi connectivity index (χ1) is 8.56. The molecule has 0 aromatic carbocycles. The Morgan fingerprint density at radius 2 is 1.67 bits per heavy atom. The molecule has 0 bridgehead atoms. The molecule has 106 valence electrons. The van der Waals surface area contributed by atoms with E-state index < -0.39 is 0 Å². The smallest absolute Gasteiger partial charge is 0.0469 e. The number of ether oxygens (including phenoxy) is 1. The van der Waals surface area contributed by atoms with E-state index in [1.807, 2.05) is 0 Å². The second-order valence-corrected chi connectivity index (χ2v) is 6.66. The molecule has 2 aliphatic rings. The van der Waals surface area contributed by atoms with Crippen molar-refractivity contribution in [1.29, 1.82) is 0 Å². The van der Waals surface area contributed by atoms with E-state index >= 15 is 0 Å². The quantitative estimate of drug-likeness (QED) is 0.839. The van der Waals surface area contributed by atoms with Crippen molar-refractivity contribution in [2.24, 2.45) is 17.6 Å². The summed E-state index contributed by atoms with van der Waals surface area (Å²) in [6.07, 6.45) is 7.47. The molecule has 1 unspecified atom stereocenters. The number of nitrogens with two attached hydrogens (primary N) is 1.